The fourth-order valence-corrected chi connectivity index (χ4v) is 27.9. The zero-order valence-corrected chi connectivity index (χ0v) is 87.1. The number of amides is 4. The first-order valence-electron chi connectivity index (χ1n) is 48.2. The third-order valence-corrected chi connectivity index (χ3v) is 33.2. The van der Waals surface area contributed by atoms with Crippen molar-refractivity contribution in [3.63, 3.8) is 0 Å². The number of benzene rings is 10. The van der Waals surface area contributed by atoms with Crippen LogP contribution in [0, 0.1) is 42.4 Å². The van der Waals surface area contributed by atoms with Crippen molar-refractivity contribution in [2.45, 2.75) is 283 Å². The van der Waals surface area contributed by atoms with Gasteiger partial charge in [0, 0.05) is 89.9 Å². The first kappa shape index (κ1) is 98.2. The molecule has 0 bridgehead atoms. The van der Waals surface area contributed by atoms with Crippen molar-refractivity contribution in [2.75, 3.05) is 4.90 Å². The Hall–Kier alpha value is -10.4. The molecule has 2 aliphatic heterocycles. The summed E-state index contributed by atoms with van der Waals surface area (Å²) in [7, 11) is 0. The SMILES string of the molecule is CCC(CC)N1C(=O)c2cc(Cc3ccc(C(C)(C)CC(C)(C)C)cc3)c3c4c(Cc5ccc(C(C)(C)CC(C)(C)C)cc5)cc5c6c(cc(Cc7ccc(C(C)(C)CC(C)(C)C)cc7)c(c7c(Cc8ccc(C(C)(C)CC(C)(C)C)cc8)cc(c2c37)C1=O)c64)C(=O)N(c1ccc(C(=O)c2ccc(-c3cc(C4=C(c6cc(-c7ccc(C)s7)sc6C)C(F)(F)C(F)(F)C4(F)F)c(C)s3)s2)cc1)C5=O. The summed E-state index contributed by atoms with van der Waals surface area (Å²) in [5.41, 5.74) is 9.43. The number of aryl methyl sites for hydroxylation is 3. The van der Waals surface area contributed by atoms with Gasteiger partial charge in [0.2, 0.25) is 5.78 Å². The topological polar surface area (TPSA) is 91.8 Å². The number of hydrogen-bond donors (Lipinski definition) is 0. The maximum Gasteiger partial charge on any atom is 0.380 e. The number of alkyl halides is 6. The summed E-state index contributed by atoms with van der Waals surface area (Å²) in [5, 5.41) is 5.85. The Morgan fingerprint density at radius 3 is 0.920 bits per heavy atom. The molecule has 712 valence electrons. The summed E-state index contributed by atoms with van der Waals surface area (Å²) in [6.07, 6.45) is 6.13. The molecule has 10 aromatic carbocycles. The van der Waals surface area contributed by atoms with Crippen LogP contribution >= 0.6 is 45.3 Å². The van der Waals surface area contributed by atoms with Crippen molar-refractivity contribution in [1.82, 2.24) is 4.90 Å². The van der Waals surface area contributed by atoms with Crippen LogP contribution in [0.1, 0.15) is 340 Å². The normalized spacial score (nSPS) is 15.7. The molecule has 14 aromatic rings. The molecule has 137 heavy (non-hydrogen) atoms. The fraction of sp³-hybridized carbons (Fsp3) is 0.392. The number of imide groups is 2. The van der Waals surface area contributed by atoms with Gasteiger partial charge in [-0.05, 0) is 323 Å². The lowest BCUT2D eigenvalue weighted by molar-refractivity contribution is -0.254. The predicted octanol–water partition coefficient (Wildman–Crippen LogP) is 34.1. The molecule has 0 saturated carbocycles. The minimum absolute atomic E-state index is 0.0155. The van der Waals surface area contributed by atoms with E-state index < -0.39 is 58.1 Å². The number of allylic oxidation sites excluding steroid dienone is 2. The number of rotatable bonds is 26. The summed E-state index contributed by atoms with van der Waals surface area (Å²) in [4.78, 5) is 87.7. The van der Waals surface area contributed by atoms with Crippen LogP contribution in [0.5, 0.6) is 0 Å². The summed E-state index contributed by atoms with van der Waals surface area (Å²) < 4.78 is 97.9. The standard InChI is InChI=1S/C120H126F6N2O5S4/c1-26-82(27-2)127-106(130)86-56-74(52-69-29-39-78(40-30-69)114(18,19)62-110(6,7)8)95-97-76(54-71-33-43-80(44-34-71)116(22,23)64-112(12,13)14)58-88-100-89(59-77(55-72-35-45-81(46-36-72)117(24,25)65-113(15,16)17)98(102(97)100)96-75(57-87(107(127)131)99(86)101(95)96)53-70-31-41-79(42-32-70)115(20,21)63-111(9,10)11)109(133)128(108(88)132)83-47-37-73(38-48-83)105(129)92-51-50-91(137-92)94-61-85(68(5)136-94)104-103(118(121,122)120(125,126)119(104,123)124)84-60-93(135-67(84)4)90-49-28-66(3)134-90/h28-51,56-61,82H,26-27,52-55,62-65H2,1-25H3. The van der Waals surface area contributed by atoms with E-state index in [9.17, 15) is 0 Å². The molecule has 3 aliphatic rings. The van der Waals surface area contributed by atoms with Gasteiger partial charge >= 0.3 is 17.8 Å². The van der Waals surface area contributed by atoms with Gasteiger partial charge in [0.15, 0.2) is 0 Å². The van der Waals surface area contributed by atoms with Gasteiger partial charge in [0.25, 0.3) is 23.6 Å². The Bertz CT molecular complexity index is 6960. The van der Waals surface area contributed by atoms with Gasteiger partial charge in [-0.15, -0.1) is 45.3 Å². The highest BCUT2D eigenvalue weighted by Gasteiger charge is 2.80. The maximum absolute atomic E-state index is 16.9. The molecule has 0 atom stereocenters. The van der Waals surface area contributed by atoms with Gasteiger partial charge < -0.3 is 0 Å². The minimum atomic E-state index is -5.77. The molecule has 0 radical (unpaired) electrons. The van der Waals surface area contributed by atoms with Crippen LogP contribution in [0.4, 0.5) is 32.0 Å². The Balaban J connectivity index is 0.882. The van der Waals surface area contributed by atoms with Gasteiger partial charge in [-0.25, -0.2) is 4.90 Å². The molecule has 0 spiro atoms. The van der Waals surface area contributed by atoms with Gasteiger partial charge in [0.05, 0.1) is 10.6 Å². The lowest BCUT2D eigenvalue weighted by Gasteiger charge is -2.35. The number of carbonyl (C=O) groups is 5. The van der Waals surface area contributed by atoms with E-state index >= 15 is 50.3 Å². The van der Waals surface area contributed by atoms with Crippen molar-refractivity contribution in [2.24, 2.45) is 21.7 Å². The van der Waals surface area contributed by atoms with E-state index in [1.165, 1.54) is 69.4 Å². The highest BCUT2D eigenvalue weighted by Crippen LogP contribution is 2.67. The zero-order chi connectivity index (χ0) is 99.2. The van der Waals surface area contributed by atoms with Crippen LogP contribution < -0.4 is 4.90 Å². The molecule has 1 aliphatic carbocycles. The quantitative estimate of drug-likeness (QED) is 0.0177. The number of ketones is 1. The fourth-order valence-electron chi connectivity index (χ4n) is 23.9. The van der Waals surface area contributed by atoms with Crippen LogP contribution in [0.15, 0.2) is 182 Å². The molecule has 17 rings (SSSR count). The third-order valence-electron chi connectivity index (χ3n) is 28.6. The van der Waals surface area contributed by atoms with Gasteiger partial charge in [-0.3, -0.25) is 28.9 Å². The monoisotopic (exact) mass is 1920 g/mol. The summed E-state index contributed by atoms with van der Waals surface area (Å²) in [6.45, 7) is 54.4. The average Bonchev–Trinajstić information content (AvgIpc) is 1.47. The molecule has 0 N–H and O–H groups in total. The zero-order valence-electron chi connectivity index (χ0n) is 83.8. The number of fused-ring (bicyclic) bond motifs is 2. The first-order chi connectivity index (χ1) is 63.8. The Kier molecular flexibility index (Phi) is 24.7. The second kappa shape index (κ2) is 34.5. The van der Waals surface area contributed by atoms with E-state index in [0.29, 0.717) is 79.9 Å². The summed E-state index contributed by atoms with van der Waals surface area (Å²) >= 11 is 4.43. The second-order valence-electron chi connectivity index (χ2n) is 46.8. The van der Waals surface area contributed by atoms with Crippen LogP contribution in [0.25, 0.3) is 73.7 Å². The van der Waals surface area contributed by atoms with E-state index in [0.717, 1.165) is 141 Å². The van der Waals surface area contributed by atoms with E-state index in [4.69, 9.17) is 0 Å². The summed E-state index contributed by atoms with van der Waals surface area (Å²) in [6, 6.07) is 58.9. The first-order valence-corrected chi connectivity index (χ1v) is 51.5. The predicted molar refractivity (Wildman–Crippen MR) is 560 cm³/mol. The number of carbonyl (C=O) groups excluding carboxylic acids is 5. The van der Waals surface area contributed by atoms with Crippen molar-refractivity contribution >= 4 is 135 Å². The van der Waals surface area contributed by atoms with Crippen molar-refractivity contribution < 1.29 is 50.3 Å². The second-order valence-corrected chi connectivity index (χ2v) is 51.7. The maximum atomic E-state index is 16.9. The number of nitrogens with zero attached hydrogens (tertiary/aromatic N) is 2. The van der Waals surface area contributed by atoms with E-state index in [1.807, 2.05) is 39.0 Å². The molecular weight excluding hydrogens is 1790 g/mol. The van der Waals surface area contributed by atoms with E-state index in [1.54, 1.807) is 42.5 Å². The van der Waals surface area contributed by atoms with Gasteiger partial charge in [-0.1, -0.05) is 249 Å². The molecular formula is C120H126F6N2O5S4. The van der Waals surface area contributed by atoms with Crippen LogP contribution in [0.2, 0.25) is 0 Å². The summed E-state index contributed by atoms with van der Waals surface area (Å²) in [5.74, 6) is -18.7. The number of anilines is 1. The smallest absolute Gasteiger partial charge is 0.288 e. The molecule has 17 heteroatoms. The molecule has 0 unspecified atom stereocenters. The van der Waals surface area contributed by atoms with Crippen LogP contribution in [0.3, 0.4) is 0 Å². The van der Waals surface area contributed by atoms with Gasteiger partial charge in [0.1, 0.15) is 0 Å². The highest BCUT2D eigenvalue weighted by molar-refractivity contribution is 7.23. The van der Waals surface area contributed by atoms with E-state index in [2.05, 4.69) is 248 Å². The minimum Gasteiger partial charge on any atom is -0.288 e. The molecule has 6 heterocycles. The van der Waals surface area contributed by atoms with Crippen LogP contribution in [-0.4, -0.2) is 58.1 Å². The van der Waals surface area contributed by atoms with E-state index in [-0.39, 0.29) is 97.7 Å². The Labute approximate surface area is 820 Å². The largest absolute Gasteiger partial charge is 0.380 e. The lowest BCUT2D eigenvalue weighted by atomic mass is 9.72. The third kappa shape index (κ3) is 17.9. The molecule has 0 saturated heterocycles. The molecule has 7 nitrogen and oxygen atoms in total. The molecule has 0 fully saturated rings. The highest BCUT2D eigenvalue weighted by atomic mass is 32.1. The number of hydrogen-bond acceptors (Lipinski definition) is 9. The van der Waals surface area contributed by atoms with Crippen molar-refractivity contribution in [1.29, 1.82) is 0 Å². The lowest BCUT2D eigenvalue weighted by Crippen LogP contribution is -2.48. The Morgan fingerprint density at radius 1 is 0.328 bits per heavy atom. The number of thiophene rings is 4. The molecule has 4 amide bonds. The number of halogens is 6. The van der Waals surface area contributed by atoms with Crippen LogP contribution in [-0.2, 0) is 47.3 Å². The van der Waals surface area contributed by atoms with Crippen molar-refractivity contribution in [3.05, 3.63) is 307 Å². The average molecular weight is 1920 g/mol. The molecule has 4 aromatic heterocycles. The van der Waals surface area contributed by atoms with Crippen molar-refractivity contribution in [3.8, 4) is 19.5 Å². The Morgan fingerprint density at radius 2 is 0.628 bits per heavy atom. The van der Waals surface area contributed by atoms with Gasteiger partial charge in [-0.2, -0.15) is 26.3 Å².